The lowest BCUT2D eigenvalue weighted by Gasteiger charge is -2.40. The standard InChI is InChI=1S/C20H19BrO6/c1-20(2)19(21)16(23)14-12(27-20)8-11(25-4)13-15(22)9-6-5-7-10(24-3)17(9)26-18(13)14/h5-8,16,19,23H,1-4H3/t16-,19+/m0/s1. The van der Waals surface area contributed by atoms with Gasteiger partial charge in [-0.15, -0.1) is 0 Å². The molecule has 2 heterocycles. The molecule has 0 unspecified atom stereocenters. The average molecular weight is 435 g/mol. The van der Waals surface area contributed by atoms with Gasteiger partial charge in [-0.25, -0.2) is 0 Å². The molecule has 1 aliphatic rings. The first-order chi connectivity index (χ1) is 12.8. The van der Waals surface area contributed by atoms with Crippen molar-refractivity contribution in [2.24, 2.45) is 0 Å². The fourth-order valence-corrected chi connectivity index (χ4v) is 3.90. The Morgan fingerprint density at radius 3 is 2.52 bits per heavy atom. The van der Waals surface area contributed by atoms with Gasteiger partial charge < -0.3 is 23.7 Å². The van der Waals surface area contributed by atoms with Crippen LogP contribution in [0.4, 0.5) is 0 Å². The van der Waals surface area contributed by atoms with Gasteiger partial charge in [0.1, 0.15) is 28.6 Å². The van der Waals surface area contributed by atoms with E-state index in [-0.39, 0.29) is 16.4 Å². The van der Waals surface area contributed by atoms with Gasteiger partial charge in [0.25, 0.3) is 0 Å². The van der Waals surface area contributed by atoms with Gasteiger partial charge >= 0.3 is 0 Å². The number of aliphatic hydroxyl groups is 1. The van der Waals surface area contributed by atoms with Crippen LogP contribution in [-0.4, -0.2) is 29.8 Å². The van der Waals surface area contributed by atoms with Crippen molar-refractivity contribution < 1.29 is 23.7 Å². The van der Waals surface area contributed by atoms with Crippen LogP contribution in [0.5, 0.6) is 17.2 Å². The first-order valence-corrected chi connectivity index (χ1v) is 9.37. The molecule has 1 N–H and O–H groups in total. The zero-order chi connectivity index (χ0) is 19.5. The lowest BCUT2D eigenvalue weighted by Crippen LogP contribution is -2.45. The Morgan fingerprint density at radius 1 is 1.15 bits per heavy atom. The summed E-state index contributed by atoms with van der Waals surface area (Å²) in [6.07, 6.45) is -0.938. The largest absolute Gasteiger partial charge is 0.496 e. The van der Waals surface area contributed by atoms with E-state index in [1.165, 1.54) is 14.2 Å². The number of para-hydroxylation sites is 1. The maximum Gasteiger partial charge on any atom is 0.204 e. The Kier molecular flexibility index (Phi) is 4.12. The molecule has 0 radical (unpaired) electrons. The second-order valence-corrected chi connectivity index (χ2v) is 8.00. The van der Waals surface area contributed by atoms with Gasteiger partial charge in [-0.05, 0) is 26.0 Å². The predicted molar refractivity (Wildman–Crippen MR) is 105 cm³/mol. The number of halogens is 1. The van der Waals surface area contributed by atoms with Gasteiger partial charge in [-0.3, -0.25) is 4.79 Å². The molecule has 0 aliphatic carbocycles. The van der Waals surface area contributed by atoms with E-state index in [9.17, 15) is 9.90 Å². The average Bonchev–Trinajstić information content (AvgIpc) is 2.64. The predicted octanol–water partition coefficient (Wildman–Crippen LogP) is 3.93. The molecular formula is C20H19BrO6. The summed E-state index contributed by atoms with van der Waals surface area (Å²) in [5, 5.41) is 11.6. The Hall–Kier alpha value is -2.25. The number of alkyl halides is 1. The summed E-state index contributed by atoms with van der Waals surface area (Å²) in [7, 11) is 2.99. The number of benzene rings is 2. The smallest absolute Gasteiger partial charge is 0.204 e. The Bertz CT molecular complexity index is 1120. The molecule has 3 aromatic rings. The molecule has 0 saturated heterocycles. The van der Waals surface area contributed by atoms with Crippen molar-refractivity contribution in [1.29, 1.82) is 0 Å². The van der Waals surface area contributed by atoms with Crippen molar-refractivity contribution in [1.82, 2.24) is 0 Å². The second-order valence-electron chi connectivity index (χ2n) is 7.02. The summed E-state index contributed by atoms with van der Waals surface area (Å²) in [5.41, 5.74) is 0.0414. The number of hydrogen-bond acceptors (Lipinski definition) is 6. The van der Waals surface area contributed by atoms with E-state index in [0.29, 0.717) is 33.8 Å². The first kappa shape index (κ1) is 18.1. The molecule has 1 aliphatic heterocycles. The second kappa shape index (κ2) is 6.14. The molecule has 2 atom stereocenters. The van der Waals surface area contributed by atoms with Crippen molar-refractivity contribution in [3.8, 4) is 17.2 Å². The van der Waals surface area contributed by atoms with Crippen molar-refractivity contribution in [3.05, 3.63) is 40.1 Å². The van der Waals surface area contributed by atoms with Crippen molar-refractivity contribution in [3.63, 3.8) is 0 Å². The lowest BCUT2D eigenvalue weighted by atomic mass is 9.90. The third-order valence-electron chi connectivity index (χ3n) is 4.95. The Labute approximate surface area is 163 Å². The van der Waals surface area contributed by atoms with Crippen LogP contribution in [0.3, 0.4) is 0 Å². The third-order valence-corrected chi connectivity index (χ3v) is 6.55. The van der Waals surface area contributed by atoms with E-state index in [1.807, 2.05) is 13.8 Å². The van der Waals surface area contributed by atoms with Gasteiger partial charge in [-0.2, -0.15) is 0 Å². The number of methoxy groups -OCH3 is 2. The summed E-state index contributed by atoms with van der Waals surface area (Å²) in [4.78, 5) is 12.8. The number of fused-ring (bicyclic) bond motifs is 4. The molecular weight excluding hydrogens is 416 g/mol. The Balaban J connectivity index is 2.20. The third kappa shape index (κ3) is 2.52. The first-order valence-electron chi connectivity index (χ1n) is 8.45. The highest BCUT2D eigenvalue weighted by Crippen LogP contribution is 2.48. The van der Waals surface area contributed by atoms with Crippen LogP contribution < -0.4 is 19.6 Å². The van der Waals surface area contributed by atoms with Crippen LogP contribution >= 0.6 is 15.9 Å². The fourth-order valence-electron chi connectivity index (χ4n) is 3.54. The number of ether oxygens (including phenoxy) is 3. The van der Waals surface area contributed by atoms with E-state index in [2.05, 4.69) is 15.9 Å². The summed E-state index contributed by atoms with van der Waals surface area (Å²) in [5.74, 6) is 1.19. The summed E-state index contributed by atoms with van der Waals surface area (Å²) in [6, 6.07) is 6.74. The van der Waals surface area contributed by atoms with Gasteiger partial charge in [0.2, 0.25) is 5.43 Å². The molecule has 0 saturated carbocycles. The van der Waals surface area contributed by atoms with Crippen LogP contribution in [0.15, 0.2) is 33.5 Å². The van der Waals surface area contributed by atoms with Gasteiger partial charge in [-0.1, -0.05) is 22.0 Å². The minimum Gasteiger partial charge on any atom is -0.496 e. The topological polar surface area (TPSA) is 78.1 Å². The molecule has 4 rings (SSSR count). The molecule has 27 heavy (non-hydrogen) atoms. The number of hydrogen-bond donors (Lipinski definition) is 1. The monoisotopic (exact) mass is 434 g/mol. The molecule has 0 fully saturated rings. The van der Waals surface area contributed by atoms with E-state index in [0.717, 1.165) is 0 Å². The molecule has 0 bridgehead atoms. The minimum absolute atomic E-state index is 0.235. The maximum absolute atomic E-state index is 13.2. The van der Waals surface area contributed by atoms with E-state index in [4.69, 9.17) is 18.6 Å². The van der Waals surface area contributed by atoms with Crippen LogP contribution in [0, 0.1) is 0 Å². The molecule has 6 nitrogen and oxygen atoms in total. The van der Waals surface area contributed by atoms with E-state index >= 15 is 0 Å². The van der Waals surface area contributed by atoms with Crippen molar-refractivity contribution in [2.45, 2.75) is 30.4 Å². The highest BCUT2D eigenvalue weighted by atomic mass is 79.9. The molecule has 0 amide bonds. The number of aliphatic hydroxyl groups excluding tert-OH is 1. The number of rotatable bonds is 2. The fraction of sp³-hybridized carbons (Fsp3) is 0.350. The Morgan fingerprint density at radius 2 is 1.85 bits per heavy atom. The van der Waals surface area contributed by atoms with E-state index < -0.39 is 16.5 Å². The zero-order valence-electron chi connectivity index (χ0n) is 15.3. The highest BCUT2D eigenvalue weighted by molar-refractivity contribution is 9.09. The van der Waals surface area contributed by atoms with Crippen LogP contribution in [-0.2, 0) is 0 Å². The zero-order valence-corrected chi connectivity index (χ0v) is 16.9. The van der Waals surface area contributed by atoms with Gasteiger partial charge in [0, 0.05) is 6.07 Å². The molecule has 142 valence electrons. The summed E-state index contributed by atoms with van der Waals surface area (Å²) < 4.78 is 23.0. The molecule has 1 aromatic heterocycles. The van der Waals surface area contributed by atoms with E-state index in [1.54, 1.807) is 24.3 Å². The molecule has 0 spiro atoms. The maximum atomic E-state index is 13.2. The van der Waals surface area contributed by atoms with Gasteiger partial charge in [0.15, 0.2) is 16.9 Å². The SMILES string of the molecule is COc1cccc2c(=O)c3c(OC)cc4c(c3oc12)[C@H](O)[C@@H](Br)C(C)(C)O4. The quantitative estimate of drug-likeness (QED) is 0.486. The van der Waals surface area contributed by atoms with Crippen LogP contribution in [0.25, 0.3) is 21.9 Å². The van der Waals surface area contributed by atoms with Crippen molar-refractivity contribution >= 4 is 37.9 Å². The van der Waals surface area contributed by atoms with Crippen LogP contribution in [0.1, 0.15) is 25.5 Å². The lowest BCUT2D eigenvalue weighted by molar-refractivity contribution is 0.0229. The highest BCUT2D eigenvalue weighted by Gasteiger charge is 2.44. The normalized spacial score (nSPS) is 21.0. The van der Waals surface area contributed by atoms with Gasteiger partial charge in [0.05, 0.1) is 30.0 Å². The van der Waals surface area contributed by atoms with Crippen LogP contribution in [0.2, 0.25) is 0 Å². The molecule has 7 heteroatoms. The minimum atomic E-state index is -0.938. The summed E-state index contributed by atoms with van der Waals surface area (Å²) >= 11 is 3.51. The van der Waals surface area contributed by atoms with Crippen molar-refractivity contribution in [2.75, 3.05) is 14.2 Å². The summed E-state index contributed by atoms with van der Waals surface area (Å²) in [6.45, 7) is 3.74. The molecule has 2 aromatic carbocycles.